The van der Waals surface area contributed by atoms with E-state index in [-0.39, 0.29) is 5.91 Å². The summed E-state index contributed by atoms with van der Waals surface area (Å²) >= 11 is 0. The van der Waals surface area contributed by atoms with E-state index in [1.54, 1.807) is 49.5 Å². The number of carbonyl (C=O) groups is 1. The predicted molar refractivity (Wildman–Crippen MR) is 75.0 cm³/mol. The Kier molecular flexibility index (Phi) is 3.79. The minimum atomic E-state index is -0.259. The highest BCUT2D eigenvalue weighted by molar-refractivity contribution is 6.06. The Bertz CT molecular complexity index is 738. The number of carbonyl (C=O) groups excluding carboxylic acids is 1. The summed E-state index contributed by atoms with van der Waals surface area (Å²) in [6.07, 6.45) is 0. The van der Waals surface area contributed by atoms with E-state index >= 15 is 0 Å². The quantitative estimate of drug-likeness (QED) is 0.834. The first-order valence-electron chi connectivity index (χ1n) is 5.94. The van der Waals surface area contributed by atoms with Crippen molar-refractivity contribution in [3.8, 4) is 12.1 Å². The lowest BCUT2D eigenvalue weighted by Gasteiger charge is -2.18. The van der Waals surface area contributed by atoms with Gasteiger partial charge in [0.25, 0.3) is 5.91 Å². The second-order valence-electron chi connectivity index (χ2n) is 4.19. The van der Waals surface area contributed by atoms with Gasteiger partial charge < -0.3 is 4.90 Å². The van der Waals surface area contributed by atoms with Gasteiger partial charge in [-0.05, 0) is 30.3 Å². The molecule has 0 spiro atoms. The summed E-state index contributed by atoms with van der Waals surface area (Å²) in [6.45, 7) is 0. The molecule has 0 heterocycles. The van der Waals surface area contributed by atoms with Crippen LogP contribution in [0.25, 0.3) is 0 Å². The van der Waals surface area contributed by atoms with E-state index in [1.807, 2.05) is 6.07 Å². The average Bonchev–Trinajstić information content (AvgIpc) is 2.53. The first-order valence-corrected chi connectivity index (χ1v) is 5.94. The van der Waals surface area contributed by atoms with Crippen LogP contribution in [-0.4, -0.2) is 13.0 Å². The molecule has 0 bridgehead atoms. The van der Waals surface area contributed by atoms with Crippen molar-refractivity contribution in [1.82, 2.24) is 0 Å². The Labute approximate surface area is 117 Å². The molecule has 0 aliphatic rings. The fraction of sp³-hybridized carbons (Fsp3) is 0.0625. The number of hydrogen-bond acceptors (Lipinski definition) is 3. The highest BCUT2D eigenvalue weighted by atomic mass is 16.2. The van der Waals surface area contributed by atoms with Crippen molar-refractivity contribution in [2.24, 2.45) is 0 Å². The molecule has 2 aromatic rings. The van der Waals surface area contributed by atoms with Crippen LogP contribution in [0.5, 0.6) is 0 Å². The van der Waals surface area contributed by atoms with Crippen molar-refractivity contribution in [3.63, 3.8) is 0 Å². The van der Waals surface area contributed by atoms with E-state index < -0.39 is 0 Å². The predicted octanol–water partition coefficient (Wildman–Crippen LogP) is 2.71. The highest BCUT2D eigenvalue weighted by Crippen LogP contribution is 2.20. The SMILES string of the molecule is CN(C(=O)c1cccc(C#N)c1)c1ccccc1C#N. The van der Waals surface area contributed by atoms with Gasteiger partial charge in [-0.2, -0.15) is 10.5 Å². The van der Waals surface area contributed by atoms with Crippen molar-refractivity contribution in [1.29, 1.82) is 10.5 Å². The molecule has 0 aromatic heterocycles. The fourth-order valence-corrected chi connectivity index (χ4v) is 1.89. The van der Waals surface area contributed by atoms with Crippen LogP contribution < -0.4 is 4.90 Å². The molecule has 0 unspecified atom stereocenters. The molecule has 96 valence electrons. The monoisotopic (exact) mass is 261 g/mol. The lowest BCUT2D eigenvalue weighted by Crippen LogP contribution is -2.27. The van der Waals surface area contributed by atoms with Gasteiger partial charge in [0, 0.05) is 12.6 Å². The fourth-order valence-electron chi connectivity index (χ4n) is 1.89. The van der Waals surface area contributed by atoms with Crippen LogP contribution >= 0.6 is 0 Å². The summed E-state index contributed by atoms with van der Waals surface area (Å²) < 4.78 is 0. The van der Waals surface area contributed by atoms with E-state index in [4.69, 9.17) is 10.5 Å². The van der Waals surface area contributed by atoms with Gasteiger partial charge >= 0.3 is 0 Å². The van der Waals surface area contributed by atoms with Gasteiger partial charge in [-0.15, -0.1) is 0 Å². The Balaban J connectivity index is 2.38. The lowest BCUT2D eigenvalue weighted by atomic mass is 10.1. The van der Waals surface area contributed by atoms with E-state index in [9.17, 15) is 4.79 Å². The molecular formula is C16H11N3O. The molecule has 0 aliphatic carbocycles. The van der Waals surface area contributed by atoms with Crippen molar-refractivity contribution < 1.29 is 4.79 Å². The van der Waals surface area contributed by atoms with Gasteiger partial charge in [-0.1, -0.05) is 18.2 Å². The molecule has 0 aliphatic heterocycles. The van der Waals surface area contributed by atoms with Crippen LogP contribution in [0.3, 0.4) is 0 Å². The van der Waals surface area contributed by atoms with Crippen LogP contribution in [0.4, 0.5) is 5.69 Å². The van der Waals surface area contributed by atoms with E-state index in [0.717, 1.165) is 0 Å². The Morgan fingerprint density at radius 2 is 1.80 bits per heavy atom. The van der Waals surface area contributed by atoms with Crippen molar-refractivity contribution in [3.05, 3.63) is 65.2 Å². The van der Waals surface area contributed by atoms with Gasteiger partial charge in [0.2, 0.25) is 0 Å². The smallest absolute Gasteiger partial charge is 0.258 e. The third-order valence-electron chi connectivity index (χ3n) is 2.93. The molecule has 2 rings (SSSR count). The second-order valence-corrected chi connectivity index (χ2v) is 4.19. The summed E-state index contributed by atoms with van der Waals surface area (Å²) in [5.74, 6) is -0.259. The number of rotatable bonds is 2. The molecule has 0 N–H and O–H groups in total. The molecule has 0 fully saturated rings. The summed E-state index contributed by atoms with van der Waals surface area (Å²) in [7, 11) is 1.61. The van der Waals surface area contributed by atoms with E-state index in [0.29, 0.717) is 22.4 Å². The average molecular weight is 261 g/mol. The van der Waals surface area contributed by atoms with Gasteiger partial charge in [-0.3, -0.25) is 4.79 Å². The highest BCUT2D eigenvalue weighted by Gasteiger charge is 2.16. The number of benzene rings is 2. The Morgan fingerprint density at radius 3 is 2.50 bits per heavy atom. The molecule has 4 heteroatoms. The lowest BCUT2D eigenvalue weighted by molar-refractivity contribution is 0.0993. The van der Waals surface area contributed by atoms with Crippen LogP contribution in [0.2, 0.25) is 0 Å². The minimum absolute atomic E-state index is 0.259. The van der Waals surface area contributed by atoms with Gasteiger partial charge in [0.05, 0.1) is 22.9 Å². The van der Waals surface area contributed by atoms with Crippen molar-refractivity contribution in [2.45, 2.75) is 0 Å². The zero-order valence-electron chi connectivity index (χ0n) is 10.9. The van der Waals surface area contributed by atoms with Crippen molar-refractivity contribution >= 4 is 11.6 Å². The first-order chi connectivity index (χ1) is 9.67. The first kappa shape index (κ1) is 13.3. The standard InChI is InChI=1S/C16H11N3O/c1-19(15-8-3-2-6-14(15)11-18)16(20)13-7-4-5-12(9-13)10-17/h2-9H,1H3. The van der Waals surface area contributed by atoms with Crippen LogP contribution in [-0.2, 0) is 0 Å². The van der Waals surface area contributed by atoms with Gasteiger partial charge in [-0.25, -0.2) is 0 Å². The molecule has 0 atom stereocenters. The number of nitriles is 2. The Hall–Kier alpha value is -3.11. The molecule has 0 radical (unpaired) electrons. The zero-order chi connectivity index (χ0) is 14.5. The van der Waals surface area contributed by atoms with Crippen LogP contribution in [0, 0.1) is 22.7 Å². The topological polar surface area (TPSA) is 67.9 Å². The number of anilines is 1. The summed E-state index contributed by atoms with van der Waals surface area (Å²) in [5, 5.41) is 17.9. The van der Waals surface area contributed by atoms with Crippen LogP contribution in [0.1, 0.15) is 21.5 Å². The molecular weight excluding hydrogens is 250 g/mol. The number of hydrogen-bond donors (Lipinski definition) is 0. The summed E-state index contributed by atoms with van der Waals surface area (Å²) in [4.78, 5) is 13.8. The third kappa shape index (κ3) is 2.50. The maximum atomic E-state index is 12.4. The molecule has 20 heavy (non-hydrogen) atoms. The maximum absolute atomic E-state index is 12.4. The molecule has 1 amide bonds. The van der Waals surface area contributed by atoms with E-state index in [1.165, 1.54) is 11.0 Å². The molecule has 2 aromatic carbocycles. The van der Waals surface area contributed by atoms with Gasteiger partial charge in [0.15, 0.2) is 0 Å². The third-order valence-corrected chi connectivity index (χ3v) is 2.93. The van der Waals surface area contributed by atoms with Crippen molar-refractivity contribution in [2.75, 3.05) is 11.9 Å². The number of para-hydroxylation sites is 1. The maximum Gasteiger partial charge on any atom is 0.258 e. The van der Waals surface area contributed by atoms with Gasteiger partial charge in [0.1, 0.15) is 6.07 Å². The number of amides is 1. The largest absolute Gasteiger partial charge is 0.310 e. The second kappa shape index (κ2) is 5.69. The summed E-state index contributed by atoms with van der Waals surface area (Å²) in [5.41, 5.74) is 1.82. The minimum Gasteiger partial charge on any atom is -0.310 e. The number of nitrogens with zero attached hydrogens (tertiary/aromatic N) is 3. The summed E-state index contributed by atoms with van der Waals surface area (Å²) in [6, 6.07) is 17.4. The molecule has 4 nitrogen and oxygen atoms in total. The molecule has 0 saturated carbocycles. The molecule has 0 saturated heterocycles. The Morgan fingerprint density at radius 1 is 1.05 bits per heavy atom. The zero-order valence-corrected chi connectivity index (χ0v) is 10.9. The normalized spacial score (nSPS) is 9.35. The van der Waals surface area contributed by atoms with E-state index in [2.05, 4.69) is 6.07 Å². The van der Waals surface area contributed by atoms with Crippen LogP contribution in [0.15, 0.2) is 48.5 Å².